The first-order chi connectivity index (χ1) is 14.3. The molecular weight excluding hydrogens is 415 g/mol. The highest BCUT2D eigenvalue weighted by atomic mass is 32.2. The van der Waals surface area contributed by atoms with E-state index in [1.807, 2.05) is 4.90 Å². The summed E-state index contributed by atoms with van der Waals surface area (Å²) in [6, 6.07) is 4.76. The minimum absolute atomic E-state index is 0.0251. The molecule has 0 spiro atoms. The van der Waals surface area contributed by atoms with E-state index in [4.69, 9.17) is 10.2 Å². The van der Waals surface area contributed by atoms with Gasteiger partial charge in [-0.2, -0.15) is 0 Å². The van der Waals surface area contributed by atoms with Crippen molar-refractivity contribution in [2.24, 2.45) is 5.73 Å². The number of aromatic hydroxyl groups is 1. The lowest BCUT2D eigenvalue weighted by Gasteiger charge is -2.29. The highest BCUT2D eigenvalue weighted by Gasteiger charge is 2.24. The Bertz CT molecular complexity index is 1240. The first-order valence-corrected chi connectivity index (χ1v) is 10.7. The van der Waals surface area contributed by atoms with Gasteiger partial charge in [-0.05, 0) is 31.4 Å². The maximum absolute atomic E-state index is 13.8. The number of rotatable bonds is 5. The van der Waals surface area contributed by atoms with E-state index < -0.39 is 33.3 Å². The van der Waals surface area contributed by atoms with E-state index in [2.05, 4.69) is 9.71 Å². The molecule has 30 heavy (non-hydrogen) atoms. The van der Waals surface area contributed by atoms with Crippen LogP contribution in [0.5, 0.6) is 5.75 Å². The molecule has 4 N–H and O–H groups in total. The van der Waals surface area contributed by atoms with Crippen molar-refractivity contribution >= 4 is 38.4 Å². The van der Waals surface area contributed by atoms with Gasteiger partial charge in [-0.1, -0.05) is 0 Å². The van der Waals surface area contributed by atoms with Crippen molar-refractivity contribution in [2.45, 2.75) is 24.2 Å². The van der Waals surface area contributed by atoms with E-state index in [1.165, 1.54) is 12.1 Å². The van der Waals surface area contributed by atoms with Crippen molar-refractivity contribution in [1.29, 1.82) is 0 Å². The molecule has 1 fully saturated rings. The highest BCUT2D eigenvalue weighted by molar-refractivity contribution is 7.92. The Labute approximate surface area is 171 Å². The van der Waals surface area contributed by atoms with E-state index >= 15 is 0 Å². The second-order valence-corrected chi connectivity index (χ2v) is 8.66. The van der Waals surface area contributed by atoms with Crippen LogP contribution in [-0.2, 0) is 10.0 Å². The first-order valence-electron chi connectivity index (χ1n) is 9.25. The fourth-order valence-corrected chi connectivity index (χ4v) is 4.53. The summed E-state index contributed by atoms with van der Waals surface area (Å²) < 4.78 is 47.3. The van der Waals surface area contributed by atoms with Gasteiger partial charge in [-0.25, -0.2) is 17.8 Å². The number of pyridine rings is 1. The number of nitrogens with two attached hydrogens (primary N) is 1. The normalized spacial score (nSPS) is 14.8. The molecule has 2 aromatic heterocycles. The number of aromatic nitrogens is 1. The Morgan fingerprint density at radius 3 is 2.67 bits per heavy atom. The summed E-state index contributed by atoms with van der Waals surface area (Å²) in [4.78, 5) is 17.1. The second-order valence-electron chi connectivity index (χ2n) is 6.98. The van der Waals surface area contributed by atoms with Crippen LogP contribution in [0.2, 0.25) is 0 Å². The number of piperidine rings is 1. The minimum atomic E-state index is -4.15. The standard InChI is InChI=1S/C19H19FN4O5S/c20-11-8-14(19(22-10-11)24-6-2-1-3-7-24)23-30(27,28)12-4-5-13-15(9-12)29-17(16(13)25)18(21)26/h4-5,8-10,23,25H,1-3,6-7H2,(H2,21,26). The smallest absolute Gasteiger partial charge is 0.288 e. The minimum Gasteiger partial charge on any atom is -0.504 e. The number of benzene rings is 1. The summed E-state index contributed by atoms with van der Waals surface area (Å²) >= 11 is 0. The van der Waals surface area contributed by atoms with Gasteiger partial charge >= 0.3 is 0 Å². The van der Waals surface area contributed by atoms with Gasteiger partial charge in [0.25, 0.3) is 15.9 Å². The van der Waals surface area contributed by atoms with Gasteiger partial charge in [0.1, 0.15) is 11.4 Å². The van der Waals surface area contributed by atoms with Gasteiger partial charge in [0.2, 0.25) is 5.76 Å². The van der Waals surface area contributed by atoms with Crippen LogP contribution in [0, 0.1) is 5.82 Å². The van der Waals surface area contributed by atoms with Crippen molar-refractivity contribution in [1.82, 2.24) is 4.98 Å². The Kier molecular flexibility index (Phi) is 4.98. The fourth-order valence-electron chi connectivity index (χ4n) is 3.47. The van der Waals surface area contributed by atoms with E-state index in [1.54, 1.807) is 0 Å². The van der Waals surface area contributed by atoms with Crippen molar-refractivity contribution < 1.29 is 27.1 Å². The Hall–Kier alpha value is -3.34. The molecule has 4 rings (SSSR count). The lowest BCUT2D eigenvalue weighted by molar-refractivity contribution is 0.0972. The molecular formula is C19H19FN4O5S. The lowest BCUT2D eigenvalue weighted by atomic mass is 10.1. The zero-order valence-electron chi connectivity index (χ0n) is 15.8. The summed E-state index contributed by atoms with van der Waals surface area (Å²) in [5, 5.41) is 10.1. The average Bonchev–Trinajstić information content (AvgIpc) is 3.05. The van der Waals surface area contributed by atoms with Crippen LogP contribution in [0.3, 0.4) is 0 Å². The third-order valence-electron chi connectivity index (χ3n) is 4.90. The molecule has 1 aromatic carbocycles. The average molecular weight is 434 g/mol. The summed E-state index contributed by atoms with van der Waals surface area (Å²) in [5.41, 5.74) is 5.13. The molecule has 1 aliphatic rings. The van der Waals surface area contributed by atoms with E-state index in [0.717, 1.165) is 37.6 Å². The van der Waals surface area contributed by atoms with Crippen LogP contribution < -0.4 is 15.4 Å². The number of carbonyl (C=O) groups is 1. The summed E-state index contributed by atoms with van der Waals surface area (Å²) in [7, 11) is -4.15. The molecule has 0 radical (unpaired) electrons. The predicted octanol–water partition coefficient (Wildman–Crippen LogP) is 2.56. The zero-order valence-corrected chi connectivity index (χ0v) is 16.6. The monoisotopic (exact) mass is 434 g/mol. The molecule has 1 aliphatic heterocycles. The van der Waals surface area contributed by atoms with Gasteiger partial charge in [0.05, 0.1) is 22.2 Å². The number of nitrogens with zero attached hydrogens (tertiary/aromatic N) is 2. The number of fused-ring (bicyclic) bond motifs is 1. The summed E-state index contributed by atoms with van der Waals surface area (Å²) in [6.07, 6.45) is 3.99. The maximum atomic E-state index is 13.8. The van der Waals surface area contributed by atoms with Crippen LogP contribution in [0.1, 0.15) is 29.8 Å². The quantitative estimate of drug-likeness (QED) is 0.561. The van der Waals surface area contributed by atoms with Gasteiger partial charge in [0, 0.05) is 25.2 Å². The molecule has 3 aromatic rings. The number of primary amides is 1. The number of anilines is 2. The molecule has 0 saturated carbocycles. The molecule has 0 atom stereocenters. The van der Waals surface area contributed by atoms with E-state index in [9.17, 15) is 22.7 Å². The van der Waals surface area contributed by atoms with Crippen LogP contribution in [0.25, 0.3) is 11.0 Å². The van der Waals surface area contributed by atoms with Crippen LogP contribution in [0.15, 0.2) is 39.8 Å². The molecule has 0 bridgehead atoms. The van der Waals surface area contributed by atoms with Gasteiger partial charge < -0.3 is 20.2 Å². The zero-order chi connectivity index (χ0) is 21.5. The van der Waals surface area contributed by atoms with Gasteiger partial charge in [0.15, 0.2) is 11.6 Å². The first kappa shape index (κ1) is 20.0. The van der Waals surface area contributed by atoms with Gasteiger partial charge in [-0.3, -0.25) is 9.52 Å². The van der Waals surface area contributed by atoms with Crippen LogP contribution >= 0.6 is 0 Å². The summed E-state index contributed by atoms with van der Waals surface area (Å²) in [5.74, 6) is -2.23. The topological polar surface area (TPSA) is 139 Å². The third kappa shape index (κ3) is 3.63. The van der Waals surface area contributed by atoms with Crippen molar-refractivity contribution in [2.75, 3.05) is 22.7 Å². The maximum Gasteiger partial charge on any atom is 0.288 e. The Morgan fingerprint density at radius 2 is 1.97 bits per heavy atom. The molecule has 158 valence electrons. The number of nitrogens with one attached hydrogen (secondary N) is 1. The number of furan rings is 1. The van der Waals surface area contributed by atoms with Crippen LogP contribution in [0.4, 0.5) is 15.9 Å². The lowest BCUT2D eigenvalue weighted by Crippen LogP contribution is -2.31. The molecule has 9 nitrogen and oxygen atoms in total. The van der Waals surface area contributed by atoms with E-state index in [0.29, 0.717) is 18.9 Å². The molecule has 3 heterocycles. The predicted molar refractivity (Wildman–Crippen MR) is 107 cm³/mol. The third-order valence-corrected chi connectivity index (χ3v) is 6.27. The number of halogens is 1. The largest absolute Gasteiger partial charge is 0.504 e. The number of sulfonamides is 1. The number of hydrogen-bond donors (Lipinski definition) is 3. The van der Waals surface area contributed by atoms with Crippen LogP contribution in [-0.4, -0.2) is 37.5 Å². The van der Waals surface area contributed by atoms with Gasteiger partial charge in [-0.15, -0.1) is 0 Å². The number of amides is 1. The Balaban J connectivity index is 1.71. The van der Waals surface area contributed by atoms with E-state index in [-0.39, 0.29) is 21.6 Å². The van der Waals surface area contributed by atoms with Crippen molar-refractivity contribution in [3.63, 3.8) is 0 Å². The Morgan fingerprint density at radius 1 is 1.23 bits per heavy atom. The number of carbonyl (C=O) groups excluding carboxylic acids is 1. The molecule has 0 unspecified atom stereocenters. The molecule has 0 aliphatic carbocycles. The van der Waals surface area contributed by atoms with Crippen molar-refractivity contribution in [3.8, 4) is 5.75 Å². The fraction of sp³-hybridized carbons (Fsp3) is 0.263. The number of hydrogen-bond acceptors (Lipinski definition) is 7. The summed E-state index contributed by atoms with van der Waals surface area (Å²) in [6.45, 7) is 1.39. The molecule has 1 saturated heterocycles. The highest BCUT2D eigenvalue weighted by Crippen LogP contribution is 2.34. The SMILES string of the molecule is NC(=O)c1oc2cc(S(=O)(=O)Nc3cc(F)cnc3N3CCCCC3)ccc2c1O. The second kappa shape index (κ2) is 7.48. The van der Waals surface area contributed by atoms with Crippen molar-refractivity contribution in [3.05, 3.63) is 42.0 Å². The molecule has 1 amide bonds. The molecule has 11 heteroatoms.